The van der Waals surface area contributed by atoms with Gasteiger partial charge >= 0.3 is 0 Å². The molecule has 4 fully saturated rings. The van der Waals surface area contributed by atoms with Gasteiger partial charge in [-0.1, -0.05) is 12.1 Å². The second kappa shape index (κ2) is 5.35. The lowest BCUT2D eigenvalue weighted by Gasteiger charge is -2.62. The third-order valence-electron chi connectivity index (χ3n) is 6.44. The van der Waals surface area contributed by atoms with Crippen LogP contribution in [0.5, 0.6) is 0 Å². The minimum Gasteiger partial charge on any atom is -0.363 e. The van der Waals surface area contributed by atoms with Gasteiger partial charge in [-0.05, 0) is 42.9 Å². The Morgan fingerprint density at radius 3 is 2.58 bits per heavy atom. The Labute approximate surface area is 156 Å². The van der Waals surface area contributed by atoms with Crippen molar-refractivity contribution in [2.24, 2.45) is 5.92 Å². The molecule has 0 unspecified atom stereocenters. The van der Waals surface area contributed by atoms with E-state index in [-0.39, 0.29) is 5.82 Å². The first-order valence-corrected chi connectivity index (χ1v) is 10.5. The molecule has 3 aliphatic carbocycles. The van der Waals surface area contributed by atoms with Gasteiger partial charge in [0.15, 0.2) is 0 Å². The van der Waals surface area contributed by atoms with E-state index in [9.17, 15) is 4.39 Å². The zero-order valence-electron chi connectivity index (χ0n) is 14.5. The Bertz CT molecular complexity index is 861. The molecule has 26 heavy (non-hydrogen) atoms. The number of fused-ring (bicyclic) bond motifs is 1. The zero-order chi connectivity index (χ0) is 17.3. The molecule has 5 aliphatic rings. The number of nitrogens with one attached hydrogen (secondary N) is 1. The van der Waals surface area contributed by atoms with Crippen molar-refractivity contribution in [3.05, 3.63) is 41.3 Å². The first-order chi connectivity index (χ1) is 12.7. The Kier molecular flexibility index (Phi) is 3.14. The number of anilines is 2. The molecule has 1 aromatic carbocycles. The van der Waals surface area contributed by atoms with Gasteiger partial charge in [0.1, 0.15) is 11.6 Å². The van der Waals surface area contributed by atoms with Crippen molar-refractivity contribution in [1.29, 1.82) is 0 Å². The number of halogens is 1. The summed E-state index contributed by atoms with van der Waals surface area (Å²) in [6, 6.07) is 6.89. The van der Waals surface area contributed by atoms with Crippen LogP contribution in [0.25, 0.3) is 0 Å². The van der Waals surface area contributed by atoms with Crippen molar-refractivity contribution in [2.45, 2.75) is 42.0 Å². The van der Waals surface area contributed by atoms with Gasteiger partial charge in [0.25, 0.3) is 0 Å². The number of hydrogen-bond acceptors (Lipinski definition) is 5. The van der Waals surface area contributed by atoms with Crippen LogP contribution in [0.2, 0.25) is 0 Å². The molecular formula is C20H21FN4S. The van der Waals surface area contributed by atoms with Gasteiger partial charge in [-0.25, -0.2) is 9.37 Å². The molecule has 3 heterocycles. The molecule has 0 atom stereocenters. The molecule has 3 saturated carbocycles. The van der Waals surface area contributed by atoms with E-state index in [1.807, 2.05) is 23.9 Å². The average molecular weight is 368 g/mol. The fourth-order valence-corrected chi connectivity index (χ4v) is 5.80. The summed E-state index contributed by atoms with van der Waals surface area (Å²) in [7, 11) is 0. The summed E-state index contributed by atoms with van der Waals surface area (Å²) in [6.07, 6.45) is 4.96. The maximum Gasteiger partial charge on any atom is 0.227 e. The average Bonchev–Trinajstić information content (AvgIpc) is 2.98. The fraction of sp³-hybridized carbons (Fsp3) is 0.500. The van der Waals surface area contributed by atoms with Crippen LogP contribution in [0, 0.1) is 11.7 Å². The first-order valence-electron chi connectivity index (χ1n) is 9.50. The van der Waals surface area contributed by atoms with Crippen molar-refractivity contribution in [3.63, 3.8) is 0 Å². The summed E-state index contributed by atoms with van der Waals surface area (Å²) in [5, 5.41) is 3.77. The molecule has 1 saturated heterocycles. The smallest absolute Gasteiger partial charge is 0.227 e. The van der Waals surface area contributed by atoms with Crippen molar-refractivity contribution < 1.29 is 4.39 Å². The maximum atomic E-state index is 13.1. The predicted octanol–water partition coefficient (Wildman–Crippen LogP) is 3.83. The Hall–Kier alpha value is -1.82. The Morgan fingerprint density at radius 1 is 1.12 bits per heavy atom. The number of nitrogens with zero attached hydrogens (tertiary/aromatic N) is 3. The van der Waals surface area contributed by atoms with E-state index in [0.29, 0.717) is 11.5 Å². The summed E-state index contributed by atoms with van der Waals surface area (Å²) in [6.45, 7) is 1.81. The van der Waals surface area contributed by atoms with Gasteiger partial charge in [-0.15, -0.1) is 11.8 Å². The van der Waals surface area contributed by atoms with E-state index in [1.54, 1.807) is 12.1 Å². The van der Waals surface area contributed by atoms with Gasteiger partial charge < -0.3 is 10.2 Å². The number of hydrogen-bond donors (Lipinski definition) is 1. The lowest BCUT2D eigenvalue weighted by atomic mass is 9.50. The summed E-state index contributed by atoms with van der Waals surface area (Å²) >= 11 is 1.89. The lowest BCUT2D eigenvalue weighted by molar-refractivity contribution is 0.00159. The number of thioether (sulfide) groups is 1. The summed E-state index contributed by atoms with van der Waals surface area (Å²) in [5.74, 6) is 4.26. The Morgan fingerprint density at radius 2 is 1.88 bits per heavy atom. The number of aromatic nitrogens is 2. The van der Waals surface area contributed by atoms with E-state index in [0.717, 1.165) is 42.9 Å². The molecule has 2 aliphatic heterocycles. The summed E-state index contributed by atoms with van der Waals surface area (Å²) in [5.41, 5.74) is 2.74. The number of rotatable bonds is 4. The highest BCUT2D eigenvalue weighted by Crippen LogP contribution is 2.59. The molecule has 1 aromatic heterocycles. The second-order valence-corrected chi connectivity index (χ2v) is 9.39. The third-order valence-corrected chi connectivity index (χ3v) is 7.56. The van der Waals surface area contributed by atoms with E-state index in [2.05, 4.69) is 10.2 Å². The maximum absolute atomic E-state index is 13.1. The normalized spacial score (nSPS) is 28.8. The zero-order valence-corrected chi connectivity index (χ0v) is 15.4. The van der Waals surface area contributed by atoms with Crippen LogP contribution in [0.4, 0.5) is 16.2 Å². The number of aryl methyl sites for hydroxylation is 1. The molecule has 0 radical (unpaired) electrons. The molecule has 6 heteroatoms. The van der Waals surface area contributed by atoms with E-state index < -0.39 is 0 Å². The van der Waals surface area contributed by atoms with Gasteiger partial charge in [0.05, 0.1) is 10.6 Å². The predicted molar refractivity (Wildman–Crippen MR) is 102 cm³/mol. The highest BCUT2D eigenvalue weighted by atomic mass is 32.2. The summed E-state index contributed by atoms with van der Waals surface area (Å²) in [4.78, 5) is 13.3. The van der Waals surface area contributed by atoms with E-state index in [1.165, 1.54) is 35.4 Å². The van der Waals surface area contributed by atoms with Gasteiger partial charge in [0, 0.05) is 36.7 Å². The largest absolute Gasteiger partial charge is 0.363 e. The quantitative estimate of drug-likeness (QED) is 0.888. The molecule has 4 nitrogen and oxygen atoms in total. The fourth-order valence-electron chi connectivity index (χ4n) is 4.75. The highest BCUT2D eigenvalue weighted by Gasteiger charge is 2.57. The number of benzene rings is 1. The van der Waals surface area contributed by atoms with Gasteiger partial charge in [0.2, 0.25) is 5.95 Å². The molecule has 134 valence electrons. The standard InChI is InChI=1S/C20H21FN4S/c21-15-3-1-13(2-4-15)14-10-25(11-14)19-22-16-5-6-26-17(16)18(23-19)24-20-7-12(8-20)9-20/h1-4,12,14H,5-11H2,(H,22,23,24). The van der Waals surface area contributed by atoms with Gasteiger partial charge in [-0.2, -0.15) is 4.98 Å². The van der Waals surface area contributed by atoms with Crippen molar-refractivity contribution >= 4 is 23.5 Å². The topological polar surface area (TPSA) is 41.1 Å². The second-order valence-electron chi connectivity index (χ2n) is 8.28. The van der Waals surface area contributed by atoms with E-state index in [4.69, 9.17) is 9.97 Å². The Balaban J connectivity index is 1.23. The molecule has 0 amide bonds. The molecule has 1 N–H and O–H groups in total. The van der Waals surface area contributed by atoms with E-state index >= 15 is 0 Å². The van der Waals surface area contributed by atoms with Crippen LogP contribution in [0.1, 0.15) is 36.4 Å². The molecular weight excluding hydrogens is 347 g/mol. The van der Waals surface area contributed by atoms with Crippen molar-refractivity contribution in [2.75, 3.05) is 29.1 Å². The lowest BCUT2D eigenvalue weighted by Crippen LogP contribution is -2.63. The van der Waals surface area contributed by atoms with Crippen molar-refractivity contribution in [1.82, 2.24) is 9.97 Å². The summed E-state index contributed by atoms with van der Waals surface area (Å²) < 4.78 is 13.1. The molecule has 7 rings (SSSR count). The van der Waals surface area contributed by atoms with Crippen LogP contribution < -0.4 is 10.2 Å². The van der Waals surface area contributed by atoms with Crippen LogP contribution >= 0.6 is 11.8 Å². The van der Waals surface area contributed by atoms with Crippen LogP contribution in [0.3, 0.4) is 0 Å². The highest BCUT2D eigenvalue weighted by molar-refractivity contribution is 7.99. The van der Waals surface area contributed by atoms with Gasteiger partial charge in [-0.3, -0.25) is 0 Å². The SMILES string of the molecule is Fc1ccc(C2CN(c3nc4c(c(NC56CC(C5)C6)n3)SCC4)C2)cc1. The molecule has 0 spiro atoms. The van der Waals surface area contributed by atoms with Crippen LogP contribution in [0.15, 0.2) is 29.2 Å². The monoisotopic (exact) mass is 368 g/mol. The molecule has 2 bridgehead atoms. The minimum atomic E-state index is -0.172. The third kappa shape index (κ3) is 2.27. The van der Waals surface area contributed by atoms with Crippen LogP contribution in [-0.2, 0) is 6.42 Å². The van der Waals surface area contributed by atoms with Crippen LogP contribution in [-0.4, -0.2) is 34.3 Å². The minimum absolute atomic E-state index is 0.172. The van der Waals surface area contributed by atoms with Crippen molar-refractivity contribution in [3.8, 4) is 0 Å². The molecule has 2 aromatic rings. The first kappa shape index (κ1) is 15.3.